The number of nitrogens with zero attached hydrogens (tertiary/aromatic N) is 3. The van der Waals surface area contributed by atoms with Crippen molar-refractivity contribution in [1.29, 1.82) is 0 Å². The van der Waals surface area contributed by atoms with Gasteiger partial charge in [-0.15, -0.1) is 0 Å². The Morgan fingerprint density at radius 3 is 2.35 bits per heavy atom. The number of amides is 1. The molecule has 206 valence electrons. The molecule has 12 heteroatoms. The minimum atomic E-state index is -3.89. The lowest BCUT2D eigenvalue weighted by Gasteiger charge is -2.26. The minimum Gasteiger partial charge on any atom is -0.452 e. The standard InChI is InChI=1S/C28H25ClN4O6S/c29-24-12-11-21(17-25(24)40(36,37)32-13-15-38-16-14-32)30-26(34)19-39-28(35)23-18-33(22-9-5-2-6-10-22)31-27(23)20-7-3-1-4-8-20/h1-12,17-18H,13-16,19H2,(H,30,34). The number of para-hydroxylation sites is 1. The van der Waals surface area contributed by atoms with Crippen LogP contribution < -0.4 is 5.32 Å². The Bertz CT molecular complexity index is 1620. The molecule has 1 aliphatic heterocycles. The first-order valence-corrected chi connectivity index (χ1v) is 14.2. The van der Waals surface area contributed by atoms with Gasteiger partial charge in [0.05, 0.1) is 23.9 Å². The molecule has 0 radical (unpaired) electrons. The van der Waals surface area contributed by atoms with Crippen molar-refractivity contribution in [3.63, 3.8) is 0 Å². The van der Waals surface area contributed by atoms with E-state index in [1.165, 1.54) is 22.5 Å². The number of carbonyl (C=O) groups is 2. The predicted octanol–water partition coefficient (Wildman–Crippen LogP) is 4.01. The van der Waals surface area contributed by atoms with Crippen molar-refractivity contribution in [3.8, 4) is 16.9 Å². The molecule has 40 heavy (non-hydrogen) atoms. The maximum absolute atomic E-state index is 13.1. The van der Waals surface area contributed by atoms with Crippen LogP contribution >= 0.6 is 11.6 Å². The van der Waals surface area contributed by atoms with Gasteiger partial charge in [-0.3, -0.25) is 4.79 Å². The number of morpholine rings is 1. The summed E-state index contributed by atoms with van der Waals surface area (Å²) >= 11 is 6.19. The average molecular weight is 581 g/mol. The van der Waals surface area contributed by atoms with E-state index < -0.39 is 28.5 Å². The molecule has 4 aromatic rings. The SMILES string of the molecule is O=C(COC(=O)c1cn(-c2ccccc2)nc1-c1ccccc1)Nc1ccc(Cl)c(S(=O)(=O)N2CCOCC2)c1. The van der Waals surface area contributed by atoms with Crippen molar-refractivity contribution in [1.82, 2.24) is 14.1 Å². The molecule has 5 rings (SSSR count). The number of nitrogens with one attached hydrogen (secondary N) is 1. The van der Waals surface area contributed by atoms with Gasteiger partial charge in [-0.1, -0.05) is 60.1 Å². The van der Waals surface area contributed by atoms with E-state index in [9.17, 15) is 18.0 Å². The second kappa shape index (κ2) is 12.0. The van der Waals surface area contributed by atoms with Crippen LogP contribution in [0.5, 0.6) is 0 Å². The van der Waals surface area contributed by atoms with Crippen molar-refractivity contribution >= 4 is 39.2 Å². The van der Waals surface area contributed by atoms with Crippen LogP contribution in [0.3, 0.4) is 0 Å². The minimum absolute atomic E-state index is 0.0276. The number of hydrogen-bond donors (Lipinski definition) is 1. The molecule has 1 fully saturated rings. The number of ether oxygens (including phenoxy) is 2. The Kier molecular flexibility index (Phi) is 8.27. The van der Waals surface area contributed by atoms with Crippen LogP contribution in [0.1, 0.15) is 10.4 Å². The van der Waals surface area contributed by atoms with Crippen LogP contribution in [-0.2, 0) is 24.3 Å². The second-order valence-electron chi connectivity index (χ2n) is 8.82. The van der Waals surface area contributed by atoms with E-state index in [1.54, 1.807) is 10.9 Å². The van der Waals surface area contributed by atoms with Gasteiger partial charge in [-0.2, -0.15) is 9.40 Å². The number of carbonyl (C=O) groups excluding carboxylic acids is 2. The summed E-state index contributed by atoms with van der Waals surface area (Å²) in [6.07, 6.45) is 1.56. The summed E-state index contributed by atoms with van der Waals surface area (Å²) in [5, 5.41) is 7.17. The molecule has 10 nitrogen and oxygen atoms in total. The van der Waals surface area contributed by atoms with Gasteiger partial charge >= 0.3 is 5.97 Å². The van der Waals surface area contributed by atoms with Gasteiger partial charge < -0.3 is 14.8 Å². The number of esters is 1. The molecule has 0 atom stereocenters. The van der Waals surface area contributed by atoms with Crippen molar-refractivity contribution in [2.24, 2.45) is 0 Å². The number of hydrogen-bond acceptors (Lipinski definition) is 7. The fourth-order valence-corrected chi connectivity index (χ4v) is 6.06. The highest BCUT2D eigenvalue weighted by molar-refractivity contribution is 7.89. The Labute approximate surface area is 236 Å². The van der Waals surface area contributed by atoms with E-state index in [0.29, 0.717) is 11.3 Å². The Morgan fingerprint density at radius 2 is 1.65 bits per heavy atom. The van der Waals surface area contributed by atoms with Gasteiger partial charge in [0.15, 0.2) is 6.61 Å². The van der Waals surface area contributed by atoms with Crippen molar-refractivity contribution in [2.75, 3.05) is 38.2 Å². The lowest BCUT2D eigenvalue weighted by Crippen LogP contribution is -2.40. The highest BCUT2D eigenvalue weighted by Crippen LogP contribution is 2.28. The topological polar surface area (TPSA) is 120 Å². The number of aromatic nitrogens is 2. The largest absolute Gasteiger partial charge is 0.452 e. The molecule has 1 N–H and O–H groups in total. The molecule has 0 aliphatic carbocycles. The van der Waals surface area contributed by atoms with Gasteiger partial charge in [0, 0.05) is 30.5 Å². The zero-order chi connectivity index (χ0) is 28.1. The molecule has 3 aromatic carbocycles. The van der Waals surface area contributed by atoms with Gasteiger partial charge in [-0.25, -0.2) is 17.9 Å². The molecule has 0 bridgehead atoms. The van der Waals surface area contributed by atoms with E-state index in [1.807, 2.05) is 60.7 Å². The third kappa shape index (κ3) is 6.07. The predicted molar refractivity (Wildman–Crippen MR) is 149 cm³/mol. The summed E-state index contributed by atoms with van der Waals surface area (Å²) in [6.45, 7) is 0.384. The molecule has 2 heterocycles. The van der Waals surface area contributed by atoms with Crippen molar-refractivity contribution in [2.45, 2.75) is 4.90 Å². The monoisotopic (exact) mass is 580 g/mol. The molecule has 0 spiro atoms. The summed E-state index contributed by atoms with van der Waals surface area (Å²) in [5.41, 5.74) is 2.25. The lowest BCUT2D eigenvalue weighted by atomic mass is 10.1. The second-order valence-corrected chi connectivity index (χ2v) is 11.1. The fourth-order valence-electron chi connectivity index (χ4n) is 4.16. The third-order valence-electron chi connectivity index (χ3n) is 6.14. The van der Waals surface area contributed by atoms with Gasteiger partial charge in [0.25, 0.3) is 5.91 Å². The summed E-state index contributed by atoms with van der Waals surface area (Å²) in [5.74, 6) is -1.38. The van der Waals surface area contributed by atoms with E-state index >= 15 is 0 Å². The maximum atomic E-state index is 13.1. The van der Waals surface area contributed by atoms with E-state index in [4.69, 9.17) is 21.1 Å². The van der Waals surface area contributed by atoms with Crippen LogP contribution in [-0.4, -0.2) is 67.3 Å². The van der Waals surface area contributed by atoms with Gasteiger partial charge in [0.2, 0.25) is 10.0 Å². The number of rotatable bonds is 8. The normalized spacial score (nSPS) is 14.0. The first kappa shape index (κ1) is 27.5. The fraction of sp³-hybridized carbons (Fsp3) is 0.179. The van der Waals surface area contributed by atoms with Crippen molar-refractivity contribution in [3.05, 3.63) is 95.6 Å². The summed E-state index contributed by atoms with van der Waals surface area (Å²) in [7, 11) is -3.89. The Morgan fingerprint density at radius 1 is 0.975 bits per heavy atom. The number of halogens is 1. The van der Waals surface area contributed by atoms with Gasteiger partial charge in [-0.05, 0) is 30.3 Å². The molecule has 0 unspecified atom stereocenters. The molecule has 1 amide bonds. The van der Waals surface area contributed by atoms with Crippen LogP contribution in [0.25, 0.3) is 16.9 Å². The highest BCUT2D eigenvalue weighted by atomic mass is 35.5. The van der Waals surface area contributed by atoms with Crippen LogP contribution in [0, 0.1) is 0 Å². The quantitative estimate of drug-likeness (QED) is 0.313. The zero-order valence-electron chi connectivity index (χ0n) is 21.2. The molecule has 1 aliphatic rings. The van der Waals surface area contributed by atoms with Crippen LogP contribution in [0.15, 0.2) is 90.0 Å². The maximum Gasteiger partial charge on any atom is 0.342 e. The first-order valence-electron chi connectivity index (χ1n) is 12.4. The number of sulfonamides is 1. The van der Waals surface area contributed by atoms with Gasteiger partial charge in [0.1, 0.15) is 16.2 Å². The number of benzene rings is 3. The lowest BCUT2D eigenvalue weighted by molar-refractivity contribution is -0.119. The van der Waals surface area contributed by atoms with Crippen LogP contribution in [0.2, 0.25) is 5.02 Å². The zero-order valence-corrected chi connectivity index (χ0v) is 22.8. The smallest absolute Gasteiger partial charge is 0.342 e. The molecular formula is C28H25ClN4O6S. The Hall–Kier alpha value is -4.03. The number of anilines is 1. The van der Waals surface area contributed by atoms with Crippen LogP contribution in [0.4, 0.5) is 5.69 Å². The molecular weight excluding hydrogens is 556 g/mol. The first-order chi connectivity index (χ1) is 19.3. The summed E-state index contributed by atoms with van der Waals surface area (Å²) < 4.78 is 39.5. The van der Waals surface area contributed by atoms with E-state index in [0.717, 1.165) is 5.69 Å². The molecule has 0 saturated carbocycles. The average Bonchev–Trinajstić information content (AvgIpc) is 3.44. The molecule has 1 aromatic heterocycles. The van der Waals surface area contributed by atoms with E-state index in [-0.39, 0.29) is 47.5 Å². The Balaban J connectivity index is 1.30. The van der Waals surface area contributed by atoms with Crippen molar-refractivity contribution < 1.29 is 27.5 Å². The summed E-state index contributed by atoms with van der Waals surface area (Å²) in [4.78, 5) is 25.6. The molecule has 1 saturated heterocycles. The van der Waals surface area contributed by atoms with E-state index in [2.05, 4.69) is 10.4 Å². The highest BCUT2D eigenvalue weighted by Gasteiger charge is 2.29. The third-order valence-corrected chi connectivity index (χ3v) is 8.52. The summed E-state index contributed by atoms with van der Waals surface area (Å²) in [6, 6.07) is 22.6.